The molecule has 232 valence electrons. The maximum atomic E-state index is 13.5. The molecule has 0 spiro atoms. The highest BCUT2D eigenvalue weighted by Gasteiger charge is 2.30. The van der Waals surface area contributed by atoms with Gasteiger partial charge in [-0.2, -0.15) is 18.4 Å². The van der Waals surface area contributed by atoms with Crippen molar-refractivity contribution in [3.8, 4) is 17.9 Å². The number of benzene rings is 1. The lowest BCUT2D eigenvalue weighted by Crippen LogP contribution is -2.42. The van der Waals surface area contributed by atoms with E-state index in [4.69, 9.17) is 0 Å². The lowest BCUT2D eigenvalue weighted by molar-refractivity contribution is -0.140. The van der Waals surface area contributed by atoms with Crippen LogP contribution in [-0.4, -0.2) is 77.5 Å². The molecule has 8 nitrogen and oxygen atoms in total. The number of halogens is 3. The maximum Gasteiger partial charge on any atom is 0.406 e. The second-order valence-electron chi connectivity index (χ2n) is 12.0. The molecule has 3 heterocycles. The summed E-state index contributed by atoms with van der Waals surface area (Å²) in [6, 6.07) is 12.1. The first kappa shape index (κ1) is 32.6. The van der Waals surface area contributed by atoms with Gasteiger partial charge in [-0.3, -0.25) is 14.6 Å². The Morgan fingerprint density at radius 1 is 1.11 bits per heavy atom. The summed E-state index contributed by atoms with van der Waals surface area (Å²) in [7, 11) is 3.70. The van der Waals surface area contributed by atoms with Gasteiger partial charge in [-0.25, -0.2) is 0 Å². The van der Waals surface area contributed by atoms with E-state index in [2.05, 4.69) is 28.2 Å². The number of hydrogen-bond donors (Lipinski definition) is 1. The minimum Gasteiger partial charge on any atom is -0.373 e. The molecule has 3 aromatic rings. The van der Waals surface area contributed by atoms with Crippen LogP contribution in [0.3, 0.4) is 0 Å². The van der Waals surface area contributed by atoms with Gasteiger partial charge in [-0.05, 0) is 89.0 Å². The number of carbonyl (C=O) groups is 2. The number of nitrogens with one attached hydrogen (secondary N) is 1. The average molecular weight is 607 g/mol. The zero-order valence-corrected chi connectivity index (χ0v) is 25.5. The summed E-state index contributed by atoms with van der Waals surface area (Å²) in [6.45, 7) is 4.09. The number of aromatic nitrogens is 2. The van der Waals surface area contributed by atoms with Crippen LogP contribution in [0.15, 0.2) is 42.6 Å². The molecule has 0 saturated carbocycles. The number of pyridine rings is 1. The number of alkyl halides is 3. The summed E-state index contributed by atoms with van der Waals surface area (Å²) in [5, 5.41) is 12.9. The predicted octanol–water partition coefficient (Wildman–Crippen LogP) is 5.24. The SMILES string of the molecule is CN(C)CC(=O)N1CCC(CC(=O)c2ccc3c(c2)cc(C#CCNc2ccc(C(C)(C)C#N)nc2)n3CC(F)(F)F)CC1. The Balaban J connectivity index is 1.44. The first-order valence-corrected chi connectivity index (χ1v) is 14.5. The molecule has 2 aromatic heterocycles. The van der Waals surface area contributed by atoms with Gasteiger partial charge in [-0.15, -0.1) is 0 Å². The fourth-order valence-electron chi connectivity index (χ4n) is 5.24. The smallest absolute Gasteiger partial charge is 0.373 e. The van der Waals surface area contributed by atoms with E-state index in [0.29, 0.717) is 53.9 Å². The standard InChI is InChI=1S/C33H37F3N6O2/c1-32(2,21-37)30-10-8-26(19-39-30)38-13-5-6-27-18-25-17-24(7-9-28(25)42(27)22-33(34,35)36)29(43)16-23-11-14-41(15-12-23)31(44)20-40(3)4/h7-10,17-19,23,38H,11-16,20,22H2,1-4H3. The van der Waals surface area contributed by atoms with Crippen molar-refractivity contribution in [1.29, 1.82) is 5.26 Å². The van der Waals surface area contributed by atoms with Crippen molar-refractivity contribution in [1.82, 2.24) is 19.4 Å². The zero-order valence-electron chi connectivity index (χ0n) is 25.5. The topological polar surface area (TPSA) is 94.3 Å². The van der Waals surface area contributed by atoms with Crippen molar-refractivity contribution < 1.29 is 22.8 Å². The van der Waals surface area contributed by atoms with Gasteiger partial charge in [0.15, 0.2) is 5.78 Å². The molecule has 0 bridgehead atoms. The molecule has 0 radical (unpaired) electrons. The van der Waals surface area contributed by atoms with Crippen molar-refractivity contribution in [2.24, 2.45) is 5.92 Å². The van der Waals surface area contributed by atoms with E-state index >= 15 is 0 Å². The summed E-state index contributed by atoms with van der Waals surface area (Å²) in [4.78, 5) is 33.4. The lowest BCUT2D eigenvalue weighted by Gasteiger charge is -2.32. The second kappa shape index (κ2) is 13.5. The van der Waals surface area contributed by atoms with Crippen LogP contribution < -0.4 is 5.32 Å². The second-order valence-corrected chi connectivity index (χ2v) is 12.0. The Hall–Kier alpha value is -4.35. The van der Waals surface area contributed by atoms with Crippen LogP contribution in [0.2, 0.25) is 0 Å². The molecule has 0 aliphatic carbocycles. The summed E-state index contributed by atoms with van der Waals surface area (Å²) in [5.41, 5.74) is 1.57. The van der Waals surface area contributed by atoms with Gasteiger partial charge in [-0.1, -0.05) is 5.92 Å². The van der Waals surface area contributed by atoms with Crippen LogP contribution >= 0.6 is 0 Å². The fraction of sp³-hybridized carbons (Fsp3) is 0.455. The van der Waals surface area contributed by atoms with Gasteiger partial charge >= 0.3 is 6.18 Å². The van der Waals surface area contributed by atoms with Gasteiger partial charge < -0.3 is 19.7 Å². The van der Waals surface area contributed by atoms with Crippen molar-refractivity contribution in [3.63, 3.8) is 0 Å². The van der Waals surface area contributed by atoms with Crippen LogP contribution in [0.25, 0.3) is 10.9 Å². The Bertz CT molecular complexity index is 1600. The van der Waals surface area contributed by atoms with Crippen molar-refractivity contribution in [3.05, 3.63) is 59.5 Å². The summed E-state index contributed by atoms with van der Waals surface area (Å²) in [5.74, 6) is 5.89. The average Bonchev–Trinajstić information content (AvgIpc) is 3.30. The largest absolute Gasteiger partial charge is 0.406 e. The third kappa shape index (κ3) is 8.39. The number of likely N-dealkylation sites (tertiary alicyclic amines) is 1. The van der Waals surface area contributed by atoms with Gasteiger partial charge in [0.05, 0.1) is 47.8 Å². The molecule has 1 aliphatic rings. The van der Waals surface area contributed by atoms with Crippen LogP contribution in [0.4, 0.5) is 18.9 Å². The molecular weight excluding hydrogens is 569 g/mol. The van der Waals surface area contributed by atoms with Crippen molar-refractivity contribution in [2.45, 2.75) is 51.2 Å². The number of ketones is 1. The number of anilines is 1. The van der Waals surface area contributed by atoms with Crippen LogP contribution in [0, 0.1) is 29.1 Å². The molecule has 0 unspecified atom stereocenters. The van der Waals surface area contributed by atoms with Gasteiger partial charge in [0, 0.05) is 36.0 Å². The summed E-state index contributed by atoms with van der Waals surface area (Å²) in [6.07, 6.45) is -1.07. The monoisotopic (exact) mass is 606 g/mol. The molecule has 1 amide bonds. The number of hydrogen-bond acceptors (Lipinski definition) is 6. The van der Waals surface area contributed by atoms with E-state index in [1.165, 1.54) is 0 Å². The quantitative estimate of drug-likeness (QED) is 0.265. The van der Waals surface area contributed by atoms with E-state index in [9.17, 15) is 28.0 Å². The Morgan fingerprint density at radius 3 is 2.45 bits per heavy atom. The van der Waals surface area contributed by atoms with Crippen molar-refractivity contribution >= 4 is 28.3 Å². The first-order valence-electron chi connectivity index (χ1n) is 14.5. The Kier molecular flexibility index (Phi) is 10.0. The minimum atomic E-state index is -4.46. The third-order valence-electron chi connectivity index (χ3n) is 7.73. The number of rotatable bonds is 9. The van der Waals surface area contributed by atoms with E-state index in [1.54, 1.807) is 56.4 Å². The normalized spacial score (nSPS) is 14.3. The number of nitrogens with zero attached hydrogens (tertiary/aromatic N) is 5. The lowest BCUT2D eigenvalue weighted by atomic mass is 9.89. The molecule has 1 fully saturated rings. The molecule has 44 heavy (non-hydrogen) atoms. The highest BCUT2D eigenvalue weighted by molar-refractivity contribution is 6.00. The Morgan fingerprint density at radius 2 is 1.84 bits per heavy atom. The maximum absolute atomic E-state index is 13.5. The summed E-state index contributed by atoms with van der Waals surface area (Å²) < 4.78 is 41.6. The molecule has 11 heteroatoms. The van der Waals surface area contributed by atoms with Gasteiger partial charge in [0.1, 0.15) is 6.54 Å². The highest BCUT2D eigenvalue weighted by atomic mass is 19.4. The zero-order chi connectivity index (χ0) is 32.1. The molecule has 1 N–H and O–H groups in total. The number of amides is 1. The van der Waals surface area contributed by atoms with E-state index in [1.807, 2.05) is 23.9 Å². The van der Waals surface area contributed by atoms with E-state index in [-0.39, 0.29) is 29.8 Å². The number of nitriles is 1. The number of fused-ring (bicyclic) bond motifs is 1. The number of likely N-dealkylation sites (N-methyl/N-ethyl adjacent to an activating group) is 1. The first-order chi connectivity index (χ1) is 20.8. The molecule has 1 aliphatic heterocycles. The molecular formula is C33H37F3N6O2. The predicted molar refractivity (Wildman–Crippen MR) is 163 cm³/mol. The Labute approximate surface area is 255 Å². The number of piperidine rings is 1. The highest BCUT2D eigenvalue weighted by Crippen LogP contribution is 2.28. The van der Waals surface area contributed by atoms with Crippen molar-refractivity contribution in [2.75, 3.05) is 45.6 Å². The van der Waals surface area contributed by atoms with Crippen LogP contribution in [-0.2, 0) is 16.8 Å². The molecule has 0 atom stereocenters. The van der Waals surface area contributed by atoms with E-state index in [0.717, 1.165) is 17.4 Å². The number of Topliss-reactive ketones (excluding diaryl/α,β-unsaturated/α-hetero) is 1. The molecule has 1 aromatic carbocycles. The van der Waals surface area contributed by atoms with Gasteiger partial charge in [0.25, 0.3) is 0 Å². The third-order valence-corrected chi connectivity index (χ3v) is 7.73. The number of carbonyl (C=O) groups excluding carboxylic acids is 2. The fourth-order valence-corrected chi connectivity index (χ4v) is 5.24. The minimum absolute atomic E-state index is 0.0665. The molecule has 4 rings (SSSR count). The summed E-state index contributed by atoms with van der Waals surface area (Å²) >= 11 is 0. The molecule has 1 saturated heterocycles. The van der Waals surface area contributed by atoms with Crippen LogP contribution in [0.1, 0.15) is 54.9 Å². The van der Waals surface area contributed by atoms with Crippen LogP contribution in [0.5, 0.6) is 0 Å². The van der Waals surface area contributed by atoms with Gasteiger partial charge in [0.2, 0.25) is 5.91 Å². The van der Waals surface area contributed by atoms with E-state index < -0.39 is 18.1 Å².